The van der Waals surface area contributed by atoms with E-state index in [1.54, 1.807) is 0 Å². The van der Waals surface area contributed by atoms with Crippen LogP contribution in [0.2, 0.25) is 0 Å². The zero-order chi connectivity index (χ0) is 11.4. The van der Waals surface area contributed by atoms with Crippen molar-refractivity contribution in [3.8, 4) is 0 Å². The molecule has 1 atom stereocenters. The Hall–Kier alpha value is -1.84. The lowest BCUT2D eigenvalue weighted by Crippen LogP contribution is -2.21. The molecule has 1 aliphatic rings. The van der Waals surface area contributed by atoms with Gasteiger partial charge < -0.3 is 9.47 Å². The summed E-state index contributed by atoms with van der Waals surface area (Å²) < 4.78 is 9.74. The first-order chi connectivity index (χ1) is 7.77. The molecule has 4 nitrogen and oxygen atoms in total. The zero-order valence-corrected chi connectivity index (χ0v) is 8.72. The second kappa shape index (κ2) is 4.79. The highest BCUT2D eigenvalue weighted by Crippen LogP contribution is 2.16. The molecule has 0 aliphatic carbocycles. The van der Waals surface area contributed by atoms with Gasteiger partial charge in [-0.25, -0.2) is 0 Å². The van der Waals surface area contributed by atoms with Gasteiger partial charge in [0.1, 0.15) is 6.61 Å². The van der Waals surface area contributed by atoms with Gasteiger partial charge in [-0.15, -0.1) is 0 Å². The molecule has 1 unspecified atom stereocenters. The Morgan fingerprint density at radius 2 is 2.12 bits per heavy atom. The van der Waals surface area contributed by atoms with Gasteiger partial charge in [0.25, 0.3) is 0 Å². The molecule has 0 N–H and O–H groups in total. The number of benzene rings is 1. The van der Waals surface area contributed by atoms with E-state index in [9.17, 15) is 9.59 Å². The summed E-state index contributed by atoms with van der Waals surface area (Å²) in [7, 11) is 0. The van der Waals surface area contributed by atoms with Crippen LogP contribution in [0.1, 0.15) is 12.0 Å². The molecule has 1 aromatic rings. The van der Waals surface area contributed by atoms with Crippen LogP contribution in [0.5, 0.6) is 0 Å². The van der Waals surface area contributed by atoms with Crippen LogP contribution < -0.4 is 0 Å². The molecule has 0 spiro atoms. The number of carbonyl (C=O) groups excluding carboxylic acids is 2. The van der Waals surface area contributed by atoms with Crippen molar-refractivity contribution >= 4 is 11.9 Å². The van der Waals surface area contributed by atoms with Crippen LogP contribution in [0, 0.1) is 5.92 Å². The standard InChI is InChI=1S/C12H12O4/c13-11-10(6-7-15-11)12(14)16-8-9-4-2-1-3-5-9/h1-5,10H,6-8H2. The summed E-state index contributed by atoms with van der Waals surface area (Å²) in [6.07, 6.45) is 0.423. The van der Waals surface area contributed by atoms with E-state index in [2.05, 4.69) is 0 Å². The Morgan fingerprint density at radius 3 is 2.75 bits per heavy atom. The van der Waals surface area contributed by atoms with Crippen molar-refractivity contribution in [2.24, 2.45) is 5.92 Å². The highest BCUT2D eigenvalue weighted by molar-refractivity contribution is 5.95. The van der Waals surface area contributed by atoms with E-state index < -0.39 is 17.9 Å². The molecule has 0 amide bonds. The molecule has 4 heteroatoms. The van der Waals surface area contributed by atoms with Crippen molar-refractivity contribution in [2.75, 3.05) is 6.61 Å². The van der Waals surface area contributed by atoms with Crippen LogP contribution >= 0.6 is 0 Å². The summed E-state index contributed by atoms with van der Waals surface area (Å²) in [5.41, 5.74) is 0.905. The summed E-state index contributed by atoms with van der Waals surface area (Å²) in [5.74, 6) is -1.70. The Kier molecular flexibility index (Phi) is 3.19. The Balaban J connectivity index is 1.86. The first-order valence-electron chi connectivity index (χ1n) is 5.14. The normalized spacial score (nSPS) is 19.2. The largest absolute Gasteiger partial charge is 0.465 e. The fourth-order valence-corrected chi connectivity index (χ4v) is 1.54. The summed E-state index contributed by atoms with van der Waals surface area (Å²) in [6.45, 7) is 0.507. The Morgan fingerprint density at radius 1 is 1.38 bits per heavy atom. The van der Waals surface area contributed by atoms with E-state index in [0.717, 1.165) is 5.56 Å². The van der Waals surface area contributed by atoms with Gasteiger partial charge in [0.05, 0.1) is 6.61 Å². The molecule has 0 saturated carbocycles. The van der Waals surface area contributed by atoms with Gasteiger partial charge in [-0.1, -0.05) is 30.3 Å². The first-order valence-corrected chi connectivity index (χ1v) is 5.14. The maximum Gasteiger partial charge on any atom is 0.320 e. The van der Waals surface area contributed by atoms with Crippen LogP contribution in [0.3, 0.4) is 0 Å². The van der Waals surface area contributed by atoms with Crippen molar-refractivity contribution in [1.29, 1.82) is 0 Å². The van der Waals surface area contributed by atoms with Gasteiger partial charge in [-0.05, 0) is 5.56 Å². The SMILES string of the molecule is O=C1OCCC1C(=O)OCc1ccccc1. The van der Waals surface area contributed by atoms with E-state index in [4.69, 9.17) is 9.47 Å². The third kappa shape index (κ3) is 2.39. The van der Waals surface area contributed by atoms with Crippen LogP contribution in [-0.2, 0) is 25.7 Å². The molecule has 16 heavy (non-hydrogen) atoms. The minimum Gasteiger partial charge on any atom is -0.465 e. The monoisotopic (exact) mass is 220 g/mol. The predicted molar refractivity (Wildman–Crippen MR) is 55.3 cm³/mol. The molecule has 2 rings (SSSR count). The van der Waals surface area contributed by atoms with Crippen molar-refractivity contribution in [3.05, 3.63) is 35.9 Å². The number of hydrogen-bond acceptors (Lipinski definition) is 4. The highest BCUT2D eigenvalue weighted by Gasteiger charge is 2.34. The maximum absolute atomic E-state index is 11.5. The second-order valence-corrected chi connectivity index (χ2v) is 3.60. The second-order valence-electron chi connectivity index (χ2n) is 3.60. The predicted octanol–water partition coefficient (Wildman–Crippen LogP) is 1.29. The smallest absolute Gasteiger partial charge is 0.320 e. The van der Waals surface area contributed by atoms with Crippen molar-refractivity contribution in [2.45, 2.75) is 13.0 Å². The summed E-state index contributed by atoms with van der Waals surface area (Å²) >= 11 is 0. The van der Waals surface area contributed by atoms with Crippen LogP contribution in [-0.4, -0.2) is 18.5 Å². The lowest BCUT2D eigenvalue weighted by atomic mass is 10.1. The third-order valence-corrected chi connectivity index (χ3v) is 2.44. The molecular formula is C12H12O4. The molecule has 1 fully saturated rings. The van der Waals surface area contributed by atoms with Crippen molar-refractivity contribution in [1.82, 2.24) is 0 Å². The number of hydrogen-bond donors (Lipinski definition) is 0. The quantitative estimate of drug-likeness (QED) is 0.569. The third-order valence-electron chi connectivity index (χ3n) is 2.44. The van der Waals surface area contributed by atoms with E-state index in [0.29, 0.717) is 13.0 Å². The van der Waals surface area contributed by atoms with E-state index in [-0.39, 0.29) is 6.61 Å². The van der Waals surface area contributed by atoms with Gasteiger partial charge in [0.15, 0.2) is 5.92 Å². The van der Waals surface area contributed by atoms with Gasteiger partial charge in [-0.3, -0.25) is 9.59 Å². The first kappa shape index (κ1) is 10.7. The van der Waals surface area contributed by atoms with Gasteiger partial charge >= 0.3 is 11.9 Å². The van der Waals surface area contributed by atoms with Crippen LogP contribution in [0.4, 0.5) is 0 Å². The Bertz CT molecular complexity index is 385. The van der Waals surface area contributed by atoms with Crippen molar-refractivity contribution < 1.29 is 19.1 Å². The number of ether oxygens (including phenoxy) is 2. The number of esters is 2. The van der Waals surface area contributed by atoms with E-state index in [1.165, 1.54) is 0 Å². The molecule has 0 bridgehead atoms. The van der Waals surface area contributed by atoms with E-state index >= 15 is 0 Å². The minimum absolute atomic E-state index is 0.198. The topological polar surface area (TPSA) is 52.6 Å². The lowest BCUT2D eigenvalue weighted by Gasteiger charge is -2.06. The number of rotatable bonds is 3. The minimum atomic E-state index is -0.733. The summed E-state index contributed by atoms with van der Waals surface area (Å²) in [4.78, 5) is 22.6. The summed E-state index contributed by atoms with van der Waals surface area (Å²) in [6, 6.07) is 9.35. The average molecular weight is 220 g/mol. The maximum atomic E-state index is 11.5. The van der Waals surface area contributed by atoms with Gasteiger partial charge in [0, 0.05) is 6.42 Å². The molecule has 0 aromatic heterocycles. The zero-order valence-electron chi connectivity index (χ0n) is 8.72. The molecule has 0 radical (unpaired) electrons. The number of cyclic esters (lactones) is 1. The Labute approximate surface area is 93.2 Å². The van der Waals surface area contributed by atoms with Crippen LogP contribution in [0.15, 0.2) is 30.3 Å². The average Bonchev–Trinajstić information content (AvgIpc) is 2.74. The van der Waals surface area contributed by atoms with E-state index in [1.807, 2.05) is 30.3 Å². The molecule has 1 aromatic carbocycles. The highest BCUT2D eigenvalue weighted by atomic mass is 16.6. The van der Waals surface area contributed by atoms with Gasteiger partial charge in [0.2, 0.25) is 0 Å². The lowest BCUT2D eigenvalue weighted by molar-refractivity contribution is -0.156. The molecule has 1 saturated heterocycles. The van der Waals surface area contributed by atoms with Crippen LogP contribution in [0.25, 0.3) is 0 Å². The van der Waals surface area contributed by atoms with Gasteiger partial charge in [-0.2, -0.15) is 0 Å². The number of carbonyl (C=O) groups is 2. The fraction of sp³-hybridized carbons (Fsp3) is 0.333. The molecular weight excluding hydrogens is 208 g/mol. The van der Waals surface area contributed by atoms with Crippen molar-refractivity contribution in [3.63, 3.8) is 0 Å². The summed E-state index contributed by atoms with van der Waals surface area (Å²) in [5, 5.41) is 0. The molecule has 84 valence electrons. The molecule has 1 heterocycles. The molecule has 1 aliphatic heterocycles. The fourth-order valence-electron chi connectivity index (χ4n) is 1.54.